The number of hydrogen-bond acceptors (Lipinski definition) is 6. The van der Waals surface area contributed by atoms with Crippen LogP contribution in [0.1, 0.15) is 37.9 Å². The molecule has 0 amide bonds. The Balaban J connectivity index is 1.41. The first-order valence-corrected chi connectivity index (χ1v) is 8.93. The number of aromatic amines is 1. The Hall–Kier alpha value is -2.41. The maximum Gasteiger partial charge on any atom is 0.229 e. The summed E-state index contributed by atoms with van der Waals surface area (Å²) in [5.74, 6) is 2.73. The van der Waals surface area contributed by atoms with Gasteiger partial charge in [0.05, 0.1) is 17.6 Å². The number of nitrogens with one attached hydrogen (secondary N) is 1. The SMILES string of the molecule is CC(C)c1nc(CN2CCCN(c3nc4ccccc4[nH]3)CC2)no1. The molecule has 7 nitrogen and oxygen atoms in total. The Morgan fingerprint density at radius 3 is 2.80 bits per heavy atom. The highest BCUT2D eigenvalue weighted by molar-refractivity contribution is 5.77. The summed E-state index contributed by atoms with van der Waals surface area (Å²) in [5.41, 5.74) is 2.11. The molecule has 3 heterocycles. The molecule has 0 spiro atoms. The number of rotatable bonds is 4. The van der Waals surface area contributed by atoms with E-state index in [1.54, 1.807) is 0 Å². The van der Waals surface area contributed by atoms with Crippen molar-refractivity contribution in [2.24, 2.45) is 0 Å². The maximum atomic E-state index is 5.31. The molecule has 0 aliphatic carbocycles. The molecule has 0 bridgehead atoms. The Bertz CT molecular complexity index is 806. The van der Waals surface area contributed by atoms with Crippen molar-refractivity contribution >= 4 is 17.0 Å². The molecule has 7 heteroatoms. The summed E-state index contributed by atoms with van der Waals surface area (Å²) in [6.07, 6.45) is 1.09. The number of hydrogen-bond donors (Lipinski definition) is 1. The van der Waals surface area contributed by atoms with Gasteiger partial charge >= 0.3 is 0 Å². The second-order valence-corrected chi connectivity index (χ2v) is 6.90. The van der Waals surface area contributed by atoms with E-state index >= 15 is 0 Å². The van der Waals surface area contributed by atoms with Crippen LogP contribution in [0.4, 0.5) is 5.95 Å². The summed E-state index contributed by atoms with van der Waals surface area (Å²) < 4.78 is 5.31. The second-order valence-electron chi connectivity index (χ2n) is 6.90. The van der Waals surface area contributed by atoms with E-state index in [2.05, 4.69) is 44.8 Å². The number of H-pyrrole nitrogens is 1. The predicted octanol–water partition coefficient (Wildman–Crippen LogP) is 2.78. The molecule has 0 unspecified atom stereocenters. The van der Waals surface area contributed by atoms with Crippen LogP contribution in [0.25, 0.3) is 11.0 Å². The Morgan fingerprint density at radius 1 is 1.12 bits per heavy atom. The lowest BCUT2D eigenvalue weighted by Gasteiger charge is -2.20. The Kier molecular flexibility index (Phi) is 4.40. The number of imidazole rings is 1. The zero-order valence-corrected chi connectivity index (χ0v) is 14.8. The van der Waals surface area contributed by atoms with E-state index in [1.807, 2.05) is 18.2 Å². The third-order valence-electron chi connectivity index (χ3n) is 4.61. The van der Waals surface area contributed by atoms with Crippen molar-refractivity contribution in [1.29, 1.82) is 0 Å². The highest BCUT2D eigenvalue weighted by Gasteiger charge is 2.19. The van der Waals surface area contributed by atoms with E-state index in [-0.39, 0.29) is 5.92 Å². The molecule has 3 aromatic rings. The van der Waals surface area contributed by atoms with Crippen LogP contribution in [0.15, 0.2) is 28.8 Å². The standard InChI is InChI=1S/C18H24N6O/c1-13(2)17-21-16(22-25-17)12-23-8-5-9-24(11-10-23)18-19-14-6-3-4-7-15(14)20-18/h3-4,6-7,13H,5,8-12H2,1-2H3,(H,19,20). The van der Waals surface area contributed by atoms with Gasteiger partial charge in [-0.1, -0.05) is 31.1 Å². The molecule has 132 valence electrons. The molecule has 1 aliphatic rings. The van der Waals surface area contributed by atoms with Gasteiger partial charge in [0.1, 0.15) is 0 Å². The Morgan fingerprint density at radius 2 is 2.00 bits per heavy atom. The van der Waals surface area contributed by atoms with Crippen molar-refractivity contribution in [2.75, 3.05) is 31.1 Å². The third-order valence-corrected chi connectivity index (χ3v) is 4.61. The van der Waals surface area contributed by atoms with Crippen molar-refractivity contribution in [3.8, 4) is 0 Å². The van der Waals surface area contributed by atoms with E-state index in [9.17, 15) is 0 Å². The van der Waals surface area contributed by atoms with Gasteiger partial charge in [-0.15, -0.1) is 0 Å². The van der Waals surface area contributed by atoms with Gasteiger partial charge < -0.3 is 14.4 Å². The first-order valence-electron chi connectivity index (χ1n) is 8.93. The van der Waals surface area contributed by atoms with E-state index in [4.69, 9.17) is 9.51 Å². The summed E-state index contributed by atoms with van der Waals surface area (Å²) in [5, 5.41) is 4.11. The topological polar surface area (TPSA) is 74.1 Å². The highest BCUT2D eigenvalue weighted by atomic mass is 16.5. The summed E-state index contributed by atoms with van der Waals surface area (Å²) in [6, 6.07) is 8.17. The number of nitrogens with zero attached hydrogens (tertiary/aromatic N) is 5. The fraction of sp³-hybridized carbons (Fsp3) is 0.500. The first-order chi connectivity index (χ1) is 12.2. The van der Waals surface area contributed by atoms with Crippen molar-refractivity contribution < 1.29 is 4.52 Å². The molecular formula is C18H24N6O. The van der Waals surface area contributed by atoms with E-state index < -0.39 is 0 Å². The van der Waals surface area contributed by atoms with Gasteiger partial charge in [0.2, 0.25) is 11.8 Å². The minimum absolute atomic E-state index is 0.272. The quantitative estimate of drug-likeness (QED) is 0.787. The van der Waals surface area contributed by atoms with Crippen LogP contribution in [-0.2, 0) is 6.54 Å². The van der Waals surface area contributed by atoms with Crippen LogP contribution in [0.2, 0.25) is 0 Å². The van der Waals surface area contributed by atoms with Crippen LogP contribution in [-0.4, -0.2) is 51.2 Å². The number of fused-ring (bicyclic) bond motifs is 1. The molecule has 25 heavy (non-hydrogen) atoms. The number of anilines is 1. The molecule has 0 saturated carbocycles. The Labute approximate surface area is 147 Å². The number of benzene rings is 1. The molecule has 0 atom stereocenters. The van der Waals surface area contributed by atoms with Crippen LogP contribution in [0, 0.1) is 0 Å². The molecule has 2 aromatic heterocycles. The maximum absolute atomic E-state index is 5.31. The fourth-order valence-electron chi connectivity index (χ4n) is 3.20. The fourth-order valence-corrected chi connectivity index (χ4v) is 3.20. The molecule has 1 N–H and O–H groups in total. The summed E-state index contributed by atoms with van der Waals surface area (Å²) >= 11 is 0. The zero-order chi connectivity index (χ0) is 17.2. The second kappa shape index (κ2) is 6.84. The summed E-state index contributed by atoms with van der Waals surface area (Å²) in [7, 11) is 0. The monoisotopic (exact) mass is 340 g/mol. The predicted molar refractivity (Wildman–Crippen MR) is 96.6 cm³/mol. The highest BCUT2D eigenvalue weighted by Crippen LogP contribution is 2.19. The van der Waals surface area contributed by atoms with Gasteiger partial charge in [0.25, 0.3) is 0 Å². The van der Waals surface area contributed by atoms with Crippen molar-refractivity contribution in [1.82, 2.24) is 25.0 Å². The smallest absolute Gasteiger partial charge is 0.229 e. The lowest BCUT2D eigenvalue weighted by atomic mass is 10.2. The molecule has 4 rings (SSSR count). The van der Waals surface area contributed by atoms with Crippen molar-refractivity contribution in [3.63, 3.8) is 0 Å². The minimum Gasteiger partial charge on any atom is -0.341 e. The number of para-hydroxylation sites is 2. The molecule has 1 fully saturated rings. The van der Waals surface area contributed by atoms with Gasteiger partial charge in [-0.2, -0.15) is 4.98 Å². The van der Waals surface area contributed by atoms with Crippen LogP contribution in [0.3, 0.4) is 0 Å². The molecular weight excluding hydrogens is 316 g/mol. The van der Waals surface area contributed by atoms with Crippen LogP contribution >= 0.6 is 0 Å². The van der Waals surface area contributed by atoms with Crippen LogP contribution in [0.5, 0.6) is 0 Å². The van der Waals surface area contributed by atoms with E-state index in [0.29, 0.717) is 5.89 Å². The first kappa shape index (κ1) is 16.1. The van der Waals surface area contributed by atoms with Crippen molar-refractivity contribution in [2.45, 2.75) is 32.7 Å². The molecule has 1 saturated heterocycles. The van der Waals surface area contributed by atoms with Gasteiger partial charge in [-0.05, 0) is 18.6 Å². The number of aromatic nitrogens is 4. The minimum atomic E-state index is 0.272. The van der Waals surface area contributed by atoms with Crippen LogP contribution < -0.4 is 4.90 Å². The van der Waals surface area contributed by atoms with E-state index in [0.717, 1.165) is 62.0 Å². The average molecular weight is 340 g/mol. The van der Waals surface area contributed by atoms with Gasteiger partial charge in [-0.25, -0.2) is 4.98 Å². The van der Waals surface area contributed by atoms with Gasteiger partial charge in [-0.3, -0.25) is 4.90 Å². The summed E-state index contributed by atoms with van der Waals surface area (Å²) in [6.45, 7) is 8.80. The normalized spacial score (nSPS) is 16.7. The third kappa shape index (κ3) is 3.51. The van der Waals surface area contributed by atoms with Gasteiger partial charge in [0, 0.05) is 32.1 Å². The average Bonchev–Trinajstić information content (AvgIpc) is 3.18. The van der Waals surface area contributed by atoms with Gasteiger partial charge in [0.15, 0.2) is 5.82 Å². The van der Waals surface area contributed by atoms with E-state index in [1.165, 1.54) is 0 Å². The molecule has 1 aliphatic heterocycles. The molecule has 1 aromatic carbocycles. The summed E-state index contributed by atoms with van der Waals surface area (Å²) in [4.78, 5) is 17.4. The van der Waals surface area contributed by atoms with Crippen molar-refractivity contribution in [3.05, 3.63) is 36.0 Å². The molecule has 0 radical (unpaired) electrons. The largest absolute Gasteiger partial charge is 0.341 e. The lowest BCUT2D eigenvalue weighted by Crippen LogP contribution is -2.31. The lowest BCUT2D eigenvalue weighted by molar-refractivity contribution is 0.271. The zero-order valence-electron chi connectivity index (χ0n) is 14.8.